The molecule has 1 atom stereocenters. The van der Waals surface area contributed by atoms with Crippen LogP contribution in [0, 0.1) is 0 Å². The van der Waals surface area contributed by atoms with Gasteiger partial charge in [0.1, 0.15) is 5.76 Å². The Kier molecular flexibility index (Phi) is 8.36. The van der Waals surface area contributed by atoms with Crippen LogP contribution in [0.1, 0.15) is 71.0 Å². The van der Waals surface area contributed by atoms with Crippen molar-refractivity contribution in [2.45, 2.75) is 65.2 Å². The highest BCUT2D eigenvalue weighted by Gasteiger charge is 2.39. The Morgan fingerprint density at radius 3 is 2.29 bits per heavy atom. The summed E-state index contributed by atoms with van der Waals surface area (Å²) < 4.78 is 16.0. The molecule has 0 spiro atoms. The molecule has 1 aromatic heterocycles. The fourth-order valence-electron chi connectivity index (χ4n) is 3.51. The first kappa shape index (κ1) is 21.8. The molecule has 154 valence electrons. The average molecular weight is 389 g/mol. The number of nitrogens with one attached hydrogen (secondary N) is 1. The van der Waals surface area contributed by atoms with Gasteiger partial charge in [0.15, 0.2) is 0 Å². The Bertz CT molecular complexity index is 730. The lowest BCUT2D eigenvalue weighted by Crippen LogP contribution is -2.32. The van der Waals surface area contributed by atoms with Crippen molar-refractivity contribution < 1.29 is 23.5 Å². The summed E-state index contributed by atoms with van der Waals surface area (Å²) in [7, 11) is 1.32. The van der Waals surface area contributed by atoms with E-state index in [0.29, 0.717) is 34.9 Å². The summed E-state index contributed by atoms with van der Waals surface area (Å²) in [4.78, 5) is 25.3. The van der Waals surface area contributed by atoms with Crippen molar-refractivity contribution in [1.82, 2.24) is 5.32 Å². The van der Waals surface area contributed by atoms with Crippen molar-refractivity contribution in [2.24, 2.45) is 0 Å². The molecule has 0 saturated carbocycles. The molecule has 28 heavy (non-hydrogen) atoms. The predicted octanol–water partition coefficient (Wildman–Crippen LogP) is 4.59. The van der Waals surface area contributed by atoms with Gasteiger partial charge >= 0.3 is 11.9 Å². The molecule has 1 unspecified atom stereocenters. The summed E-state index contributed by atoms with van der Waals surface area (Å²) >= 11 is 0. The molecular formula is C22H31NO5. The highest BCUT2D eigenvalue weighted by molar-refractivity contribution is 5.99. The van der Waals surface area contributed by atoms with E-state index in [9.17, 15) is 9.59 Å². The van der Waals surface area contributed by atoms with Crippen LogP contribution in [0.15, 0.2) is 45.4 Å². The molecule has 6 heteroatoms. The number of esters is 2. The first-order valence-corrected chi connectivity index (χ1v) is 9.98. The lowest BCUT2D eigenvalue weighted by atomic mass is 9.83. The van der Waals surface area contributed by atoms with Crippen LogP contribution in [-0.2, 0) is 19.1 Å². The Morgan fingerprint density at radius 1 is 1.04 bits per heavy atom. The standard InChI is InChI=1S/C22H31NO5/c1-5-6-7-8-9-10-13-28-22(25)19-16(3)23-15(2)18(21(24)26-4)20(19)17-12-11-14-27-17/h11-12,14,20,23H,5-10,13H2,1-4H3. The largest absolute Gasteiger partial charge is 0.468 e. The number of unbranched alkanes of at least 4 members (excludes halogenated alkanes) is 5. The van der Waals surface area contributed by atoms with Gasteiger partial charge in [-0.2, -0.15) is 0 Å². The minimum atomic E-state index is -0.652. The molecule has 0 aliphatic carbocycles. The number of carbonyl (C=O) groups excluding carboxylic acids is 2. The van der Waals surface area contributed by atoms with Crippen molar-refractivity contribution in [2.75, 3.05) is 13.7 Å². The zero-order chi connectivity index (χ0) is 20.5. The molecule has 0 radical (unpaired) electrons. The van der Waals surface area contributed by atoms with Crippen molar-refractivity contribution in [1.29, 1.82) is 0 Å². The van der Waals surface area contributed by atoms with Gasteiger partial charge in [-0.3, -0.25) is 0 Å². The van der Waals surface area contributed by atoms with E-state index in [4.69, 9.17) is 13.9 Å². The molecule has 1 aliphatic heterocycles. The van der Waals surface area contributed by atoms with E-state index in [1.165, 1.54) is 32.6 Å². The topological polar surface area (TPSA) is 77.8 Å². The van der Waals surface area contributed by atoms with Crippen LogP contribution in [0.4, 0.5) is 0 Å². The maximum absolute atomic E-state index is 12.9. The van der Waals surface area contributed by atoms with Crippen LogP contribution < -0.4 is 5.32 Å². The number of carbonyl (C=O) groups is 2. The fraction of sp³-hybridized carbons (Fsp3) is 0.545. The molecule has 0 amide bonds. The lowest BCUT2D eigenvalue weighted by molar-refractivity contribution is -0.139. The smallest absolute Gasteiger partial charge is 0.336 e. The van der Waals surface area contributed by atoms with Gasteiger partial charge in [-0.25, -0.2) is 9.59 Å². The first-order chi connectivity index (χ1) is 13.5. The van der Waals surface area contributed by atoms with Gasteiger partial charge in [-0.05, 0) is 32.4 Å². The maximum atomic E-state index is 12.9. The first-order valence-electron chi connectivity index (χ1n) is 9.98. The third kappa shape index (κ3) is 5.27. The van der Waals surface area contributed by atoms with Crippen LogP contribution in [0.25, 0.3) is 0 Å². The Labute approximate surface area is 167 Å². The van der Waals surface area contributed by atoms with Crippen LogP contribution in [0.2, 0.25) is 0 Å². The van der Waals surface area contributed by atoms with E-state index in [1.54, 1.807) is 26.0 Å². The van der Waals surface area contributed by atoms with Gasteiger partial charge in [0.05, 0.1) is 37.0 Å². The summed E-state index contributed by atoms with van der Waals surface area (Å²) in [5.74, 6) is -1.08. The number of furan rings is 1. The quantitative estimate of drug-likeness (QED) is 0.466. The van der Waals surface area contributed by atoms with Crippen molar-refractivity contribution in [3.05, 3.63) is 46.7 Å². The highest BCUT2D eigenvalue weighted by atomic mass is 16.5. The van der Waals surface area contributed by atoms with Crippen LogP contribution in [0.3, 0.4) is 0 Å². The third-order valence-electron chi connectivity index (χ3n) is 4.94. The SMILES string of the molecule is CCCCCCCCOC(=O)C1=C(C)NC(C)=C(C(=O)OC)C1c1ccco1. The van der Waals surface area contributed by atoms with E-state index in [2.05, 4.69) is 12.2 Å². The summed E-state index contributed by atoms with van der Waals surface area (Å²) in [6.07, 6.45) is 8.21. The van der Waals surface area contributed by atoms with Crippen LogP contribution in [0.5, 0.6) is 0 Å². The van der Waals surface area contributed by atoms with Crippen molar-refractivity contribution >= 4 is 11.9 Å². The minimum absolute atomic E-state index is 0.356. The van der Waals surface area contributed by atoms with Crippen molar-refractivity contribution in [3.63, 3.8) is 0 Å². The number of dihydropyridines is 1. The molecule has 1 aliphatic rings. The molecule has 0 saturated heterocycles. The number of rotatable bonds is 10. The van der Waals surface area contributed by atoms with Gasteiger partial charge in [0.2, 0.25) is 0 Å². The number of ether oxygens (including phenoxy) is 2. The molecule has 2 rings (SSSR count). The van der Waals surface area contributed by atoms with E-state index in [-0.39, 0.29) is 0 Å². The second kappa shape index (κ2) is 10.7. The van der Waals surface area contributed by atoms with Crippen LogP contribution >= 0.6 is 0 Å². The van der Waals surface area contributed by atoms with Gasteiger partial charge < -0.3 is 19.2 Å². The summed E-state index contributed by atoms with van der Waals surface area (Å²) in [6, 6.07) is 3.48. The van der Waals surface area contributed by atoms with Crippen LogP contribution in [-0.4, -0.2) is 25.7 Å². The number of hydrogen-bond acceptors (Lipinski definition) is 6. The number of hydrogen-bond donors (Lipinski definition) is 1. The summed E-state index contributed by atoms with van der Waals surface area (Å²) in [6.45, 7) is 6.13. The molecule has 1 aromatic rings. The van der Waals surface area contributed by atoms with Gasteiger partial charge in [0, 0.05) is 11.4 Å². The summed E-state index contributed by atoms with van der Waals surface area (Å²) in [5.41, 5.74) is 2.03. The zero-order valence-electron chi connectivity index (χ0n) is 17.3. The van der Waals surface area contributed by atoms with Crippen molar-refractivity contribution in [3.8, 4) is 0 Å². The number of methoxy groups -OCH3 is 1. The lowest BCUT2D eigenvalue weighted by Gasteiger charge is -2.28. The molecule has 0 bridgehead atoms. The number of allylic oxidation sites excluding steroid dienone is 2. The normalized spacial score (nSPS) is 16.8. The Hall–Kier alpha value is -2.50. The highest BCUT2D eigenvalue weighted by Crippen LogP contribution is 2.39. The molecule has 6 nitrogen and oxygen atoms in total. The molecular weight excluding hydrogens is 358 g/mol. The molecule has 1 N–H and O–H groups in total. The zero-order valence-corrected chi connectivity index (χ0v) is 17.3. The monoisotopic (exact) mass is 389 g/mol. The van der Waals surface area contributed by atoms with Gasteiger partial charge in [-0.1, -0.05) is 39.0 Å². The van der Waals surface area contributed by atoms with E-state index in [1.807, 2.05) is 0 Å². The van der Waals surface area contributed by atoms with Gasteiger partial charge in [0.25, 0.3) is 0 Å². The third-order valence-corrected chi connectivity index (χ3v) is 4.94. The second-order valence-electron chi connectivity index (χ2n) is 7.05. The van der Waals surface area contributed by atoms with E-state index < -0.39 is 17.9 Å². The molecule has 0 aromatic carbocycles. The Balaban J connectivity index is 2.13. The van der Waals surface area contributed by atoms with E-state index >= 15 is 0 Å². The van der Waals surface area contributed by atoms with E-state index in [0.717, 1.165) is 19.3 Å². The maximum Gasteiger partial charge on any atom is 0.336 e. The predicted molar refractivity (Wildman–Crippen MR) is 106 cm³/mol. The average Bonchev–Trinajstić information content (AvgIpc) is 3.20. The summed E-state index contributed by atoms with van der Waals surface area (Å²) in [5, 5.41) is 3.11. The molecule has 0 fully saturated rings. The molecule has 2 heterocycles. The Morgan fingerprint density at radius 2 is 1.68 bits per heavy atom. The van der Waals surface area contributed by atoms with Gasteiger partial charge in [-0.15, -0.1) is 0 Å². The second-order valence-corrected chi connectivity index (χ2v) is 7.05. The minimum Gasteiger partial charge on any atom is -0.468 e. The fourth-order valence-corrected chi connectivity index (χ4v) is 3.51.